The third kappa shape index (κ3) is 2.42. The highest BCUT2D eigenvalue weighted by Gasteiger charge is 2.61. The maximum absolute atomic E-state index is 12.9. The molecule has 134 valence electrons. The molecule has 0 aliphatic heterocycles. The van der Waals surface area contributed by atoms with E-state index in [1.54, 1.807) is 12.1 Å². The smallest absolute Gasteiger partial charge is 0.240 e. The van der Waals surface area contributed by atoms with Crippen LogP contribution in [0, 0.1) is 16.7 Å². The van der Waals surface area contributed by atoms with Crippen LogP contribution >= 0.6 is 0 Å². The van der Waals surface area contributed by atoms with Gasteiger partial charge in [-0.3, -0.25) is 0 Å². The average molecular weight is 353 g/mol. The maximum atomic E-state index is 12.9. The van der Waals surface area contributed by atoms with E-state index in [2.05, 4.69) is 25.5 Å². The minimum absolute atomic E-state index is 0.00128. The van der Waals surface area contributed by atoms with Crippen molar-refractivity contribution in [3.8, 4) is 11.5 Å². The van der Waals surface area contributed by atoms with Gasteiger partial charge < -0.3 is 9.47 Å². The number of benzene rings is 1. The predicted molar refractivity (Wildman–Crippen MR) is 92.9 cm³/mol. The topological polar surface area (TPSA) is 64.6 Å². The van der Waals surface area contributed by atoms with Crippen molar-refractivity contribution in [2.24, 2.45) is 16.7 Å². The second kappa shape index (κ2) is 5.63. The van der Waals surface area contributed by atoms with E-state index in [1.165, 1.54) is 26.7 Å². The van der Waals surface area contributed by atoms with Crippen molar-refractivity contribution in [3.63, 3.8) is 0 Å². The van der Waals surface area contributed by atoms with Crippen LogP contribution in [-0.4, -0.2) is 28.7 Å². The molecule has 24 heavy (non-hydrogen) atoms. The summed E-state index contributed by atoms with van der Waals surface area (Å²) in [7, 11) is -0.566. The third-order valence-corrected chi connectivity index (χ3v) is 8.23. The molecule has 0 saturated heterocycles. The molecule has 6 heteroatoms. The van der Waals surface area contributed by atoms with Gasteiger partial charge in [-0.2, -0.15) is 0 Å². The fraction of sp³-hybridized carbons (Fsp3) is 0.667. The van der Waals surface area contributed by atoms with Gasteiger partial charge in [0.25, 0.3) is 0 Å². The number of nitrogens with one attached hydrogen (secondary N) is 1. The Morgan fingerprint density at radius 2 is 1.79 bits per heavy atom. The van der Waals surface area contributed by atoms with Crippen LogP contribution in [0.15, 0.2) is 23.1 Å². The van der Waals surface area contributed by atoms with E-state index >= 15 is 0 Å². The van der Waals surface area contributed by atoms with E-state index in [9.17, 15) is 8.42 Å². The lowest BCUT2D eigenvalue weighted by Crippen LogP contribution is -2.46. The maximum Gasteiger partial charge on any atom is 0.240 e. The lowest BCUT2D eigenvalue weighted by molar-refractivity contribution is 0.130. The van der Waals surface area contributed by atoms with E-state index in [-0.39, 0.29) is 21.8 Å². The van der Waals surface area contributed by atoms with Crippen LogP contribution < -0.4 is 14.2 Å². The Bertz CT molecular complexity index is 743. The minimum atomic E-state index is -3.60. The Labute approximate surface area is 144 Å². The van der Waals surface area contributed by atoms with Crippen molar-refractivity contribution in [3.05, 3.63) is 18.2 Å². The van der Waals surface area contributed by atoms with Gasteiger partial charge in [0.1, 0.15) is 0 Å². The molecule has 2 aliphatic carbocycles. The first-order chi connectivity index (χ1) is 11.2. The normalized spacial score (nSPS) is 31.2. The van der Waals surface area contributed by atoms with Gasteiger partial charge in [0.05, 0.1) is 19.1 Å². The zero-order valence-corrected chi connectivity index (χ0v) is 15.9. The van der Waals surface area contributed by atoms with Crippen molar-refractivity contribution >= 4 is 10.0 Å². The van der Waals surface area contributed by atoms with E-state index in [1.807, 2.05) is 0 Å². The Kier molecular flexibility index (Phi) is 4.12. The molecule has 2 fully saturated rings. The Morgan fingerprint density at radius 3 is 2.29 bits per heavy atom. The van der Waals surface area contributed by atoms with Crippen LogP contribution in [0.4, 0.5) is 0 Å². The van der Waals surface area contributed by atoms with Gasteiger partial charge in [0, 0.05) is 12.1 Å². The van der Waals surface area contributed by atoms with E-state index in [0.717, 1.165) is 12.8 Å². The molecule has 5 nitrogen and oxygen atoms in total. The number of methoxy groups -OCH3 is 2. The van der Waals surface area contributed by atoms with Crippen LogP contribution in [-0.2, 0) is 10.0 Å². The van der Waals surface area contributed by atoms with Gasteiger partial charge in [-0.05, 0) is 48.1 Å². The number of ether oxygens (including phenoxy) is 2. The van der Waals surface area contributed by atoms with Crippen LogP contribution in [0.2, 0.25) is 0 Å². The van der Waals surface area contributed by atoms with Crippen molar-refractivity contribution in [2.45, 2.75) is 51.0 Å². The largest absolute Gasteiger partial charge is 0.493 e. The summed E-state index contributed by atoms with van der Waals surface area (Å²) in [6, 6.07) is 4.68. The van der Waals surface area contributed by atoms with E-state index < -0.39 is 10.0 Å². The van der Waals surface area contributed by atoms with Crippen LogP contribution in [0.3, 0.4) is 0 Å². The second-order valence-electron chi connectivity index (χ2n) is 7.80. The molecule has 0 aromatic heterocycles. The zero-order chi connectivity index (χ0) is 17.8. The first-order valence-electron chi connectivity index (χ1n) is 8.40. The average Bonchev–Trinajstić information content (AvgIpc) is 2.87. The number of sulfonamides is 1. The molecule has 3 unspecified atom stereocenters. The summed E-state index contributed by atoms with van der Waals surface area (Å²) in [5.41, 5.74) is 0.166. The van der Waals surface area contributed by atoms with Gasteiger partial charge in [-0.1, -0.05) is 20.8 Å². The summed E-state index contributed by atoms with van der Waals surface area (Å²) in [4.78, 5) is 0.212. The molecule has 2 saturated carbocycles. The first-order valence-corrected chi connectivity index (χ1v) is 9.88. The molecule has 2 bridgehead atoms. The van der Waals surface area contributed by atoms with Crippen LogP contribution in [0.5, 0.6) is 11.5 Å². The van der Waals surface area contributed by atoms with E-state index in [0.29, 0.717) is 17.4 Å². The summed E-state index contributed by atoms with van der Waals surface area (Å²) in [5, 5.41) is 0. The molecule has 3 rings (SSSR count). The molecular weight excluding hydrogens is 326 g/mol. The summed E-state index contributed by atoms with van der Waals surface area (Å²) < 4.78 is 39.1. The lowest BCUT2D eigenvalue weighted by Gasteiger charge is -2.39. The molecule has 0 radical (unpaired) electrons. The summed E-state index contributed by atoms with van der Waals surface area (Å²) in [6.07, 6.45) is 3.18. The fourth-order valence-electron chi connectivity index (χ4n) is 4.62. The quantitative estimate of drug-likeness (QED) is 0.883. The highest BCUT2D eigenvalue weighted by Crippen LogP contribution is 2.65. The molecule has 0 amide bonds. The Hall–Kier alpha value is -1.27. The van der Waals surface area contributed by atoms with Crippen molar-refractivity contribution in [1.29, 1.82) is 0 Å². The molecule has 3 atom stereocenters. The highest BCUT2D eigenvalue weighted by atomic mass is 32.2. The monoisotopic (exact) mass is 353 g/mol. The van der Waals surface area contributed by atoms with E-state index in [4.69, 9.17) is 9.47 Å². The SMILES string of the molecule is COc1ccc(S(=O)(=O)NC2CC3CCC2(C)C3(C)C)cc1OC. The summed E-state index contributed by atoms with van der Waals surface area (Å²) in [5.74, 6) is 1.52. The van der Waals surface area contributed by atoms with Crippen LogP contribution in [0.25, 0.3) is 0 Å². The Balaban J connectivity index is 1.88. The second-order valence-corrected chi connectivity index (χ2v) is 9.52. The molecule has 0 heterocycles. The van der Waals surface area contributed by atoms with Gasteiger partial charge in [0.2, 0.25) is 10.0 Å². The van der Waals surface area contributed by atoms with Gasteiger partial charge >= 0.3 is 0 Å². The first kappa shape index (κ1) is 17.5. The van der Waals surface area contributed by atoms with Crippen molar-refractivity contribution < 1.29 is 17.9 Å². The van der Waals surface area contributed by atoms with Gasteiger partial charge in [-0.15, -0.1) is 0 Å². The van der Waals surface area contributed by atoms with Crippen molar-refractivity contribution in [2.75, 3.05) is 14.2 Å². The number of hydrogen-bond acceptors (Lipinski definition) is 4. The minimum Gasteiger partial charge on any atom is -0.493 e. The number of fused-ring (bicyclic) bond motifs is 2. The molecule has 1 aromatic rings. The van der Waals surface area contributed by atoms with Gasteiger partial charge in [0.15, 0.2) is 11.5 Å². The fourth-order valence-corrected chi connectivity index (χ4v) is 6.00. The summed E-state index contributed by atoms with van der Waals surface area (Å²) in [6.45, 7) is 6.77. The zero-order valence-electron chi connectivity index (χ0n) is 15.0. The molecule has 0 spiro atoms. The van der Waals surface area contributed by atoms with Crippen molar-refractivity contribution in [1.82, 2.24) is 4.72 Å². The Morgan fingerprint density at radius 1 is 1.12 bits per heavy atom. The molecule has 2 aliphatic rings. The number of hydrogen-bond donors (Lipinski definition) is 1. The van der Waals surface area contributed by atoms with Crippen LogP contribution in [0.1, 0.15) is 40.0 Å². The summed E-state index contributed by atoms with van der Waals surface area (Å²) >= 11 is 0. The molecular formula is C18H27NO4S. The third-order valence-electron chi connectivity index (χ3n) is 6.76. The predicted octanol–water partition coefficient (Wildman–Crippen LogP) is 3.20. The lowest BCUT2D eigenvalue weighted by atomic mass is 9.69. The van der Waals surface area contributed by atoms with Gasteiger partial charge in [-0.25, -0.2) is 13.1 Å². The molecule has 1 aromatic carbocycles. The standard InChI is InChI=1S/C18H27NO4S/c1-17(2)12-8-9-18(17,3)16(10-12)19-24(20,21)13-6-7-14(22-4)15(11-13)23-5/h6-7,11-12,16,19H,8-10H2,1-5H3. The highest BCUT2D eigenvalue weighted by molar-refractivity contribution is 7.89. The molecule has 1 N–H and O–H groups in total. The number of rotatable bonds is 5.